The highest BCUT2D eigenvalue weighted by atomic mass is 35.5. The molecule has 0 bridgehead atoms. The summed E-state index contributed by atoms with van der Waals surface area (Å²) in [4.78, 5) is 13.9. The fourth-order valence-corrected chi connectivity index (χ4v) is 7.18. The summed E-state index contributed by atoms with van der Waals surface area (Å²) in [7, 11) is -2.09. The number of benzene rings is 2. The lowest BCUT2D eigenvalue weighted by atomic mass is 9.83. The number of rotatable bonds is 6. The largest absolute Gasteiger partial charge is 0.481 e. The van der Waals surface area contributed by atoms with Crippen LogP contribution in [-0.4, -0.2) is 43.4 Å². The van der Waals surface area contributed by atoms with Crippen LogP contribution in [0, 0.1) is 11.3 Å². The summed E-state index contributed by atoms with van der Waals surface area (Å²) in [6.45, 7) is 3.89. The predicted molar refractivity (Wildman–Crippen MR) is 140 cm³/mol. The number of para-hydroxylation sites is 1. The number of carbonyl (C=O) groups is 1. The van der Waals surface area contributed by atoms with Crippen molar-refractivity contribution >= 4 is 39.0 Å². The molecule has 1 saturated carbocycles. The number of carboxylic acids is 1. The summed E-state index contributed by atoms with van der Waals surface area (Å²) in [5, 5.41) is 9.97. The van der Waals surface area contributed by atoms with E-state index >= 15 is 0 Å². The summed E-state index contributed by atoms with van der Waals surface area (Å²) in [5.41, 5.74) is 1.22. The molecule has 190 valence electrons. The van der Waals surface area contributed by atoms with Crippen LogP contribution in [-0.2, 0) is 21.2 Å². The Morgan fingerprint density at radius 1 is 1.11 bits per heavy atom. The van der Waals surface area contributed by atoms with E-state index in [-0.39, 0.29) is 10.9 Å². The van der Waals surface area contributed by atoms with Crippen LogP contribution in [0.3, 0.4) is 0 Å². The van der Waals surface area contributed by atoms with Gasteiger partial charge in [0.15, 0.2) is 0 Å². The quantitative estimate of drug-likeness (QED) is 0.499. The van der Waals surface area contributed by atoms with Gasteiger partial charge in [-0.2, -0.15) is 4.31 Å². The number of halogens is 1. The van der Waals surface area contributed by atoms with Crippen LogP contribution in [0.25, 0.3) is 0 Å². The molecule has 6 nitrogen and oxygen atoms in total. The van der Waals surface area contributed by atoms with Crippen molar-refractivity contribution in [2.24, 2.45) is 11.3 Å². The Morgan fingerprint density at radius 2 is 1.77 bits per heavy atom. The molecule has 1 aliphatic carbocycles. The number of aryl methyl sites for hydroxylation is 1. The summed E-state index contributed by atoms with van der Waals surface area (Å²) in [6, 6.07) is 13.1. The molecular weight excluding hydrogens is 484 g/mol. The maximum absolute atomic E-state index is 14.0. The van der Waals surface area contributed by atoms with Crippen LogP contribution >= 0.6 is 11.6 Å². The maximum Gasteiger partial charge on any atom is 0.309 e. The SMILES string of the molecule is CN1[C@H](C2CCCCC2)CN(c2ccccc2)c2cc(Cl)c(CCC(C)(C)C(=O)O)cc2S1(=O)=O. The zero-order valence-corrected chi connectivity index (χ0v) is 22.3. The third-order valence-electron chi connectivity index (χ3n) is 7.77. The molecule has 0 amide bonds. The lowest BCUT2D eigenvalue weighted by Gasteiger charge is -2.36. The predicted octanol–water partition coefficient (Wildman–Crippen LogP) is 6.10. The van der Waals surface area contributed by atoms with E-state index in [1.807, 2.05) is 30.3 Å². The van der Waals surface area contributed by atoms with Crippen molar-refractivity contribution in [2.75, 3.05) is 18.5 Å². The second-order valence-corrected chi connectivity index (χ2v) is 12.9. The molecule has 1 N–H and O–H groups in total. The summed E-state index contributed by atoms with van der Waals surface area (Å²) in [5.74, 6) is -0.586. The number of hydrogen-bond acceptors (Lipinski definition) is 4. The fraction of sp³-hybridized carbons (Fsp3) is 0.519. The molecule has 2 aliphatic rings. The first-order valence-corrected chi connectivity index (χ1v) is 14.2. The van der Waals surface area contributed by atoms with E-state index in [0.29, 0.717) is 41.6 Å². The average molecular weight is 519 g/mol. The fourth-order valence-electron chi connectivity index (χ4n) is 5.30. The van der Waals surface area contributed by atoms with Gasteiger partial charge in [0.2, 0.25) is 10.0 Å². The molecule has 1 atom stereocenters. The van der Waals surface area contributed by atoms with E-state index in [4.69, 9.17) is 11.6 Å². The summed E-state index contributed by atoms with van der Waals surface area (Å²) >= 11 is 6.71. The second-order valence-electron chi connectivity index (χ2n) is 10.5. The van der Waals surface area contributed by atoms with E-state index in [9.17, 15) is 18.3 Å². The standard InChI is InChI=1S/C27H35ClN2O4S/c1-27(2,26(31)32)15-14-20-16-25-23(17-22(20)28)30(21-12-8-5-9-13-21)18-24(29(3)35(25,33)34)19-10-6-4-7-11-19/h5,8-9,12-13,16-17,19,24H,4,6-7,10-11,14-15,18H2,1-3H3,(H,31,32)/t24-/m0/s1. The van der Waals surface area contributed by atoms with Crippen LogP contribution in [0.1, 0.15) is 57.9 Å². The minimum Gasteiger partial charge on any atom is -0.481 e. The van der Waals surface area contributed by atoms with E-state index in [0.717, 1.165) is 31.4 Å². The lowest BCUT2D eigenvalue weighted by Crippen LogP contribution is -2.46. The topological polar surface area (TPSA) is 77.9 Å². The van der Waals surface area contributed by atoms with Gasteiger partial charge in [-0.25, -0.2) is 8.42 Å². The van der Waals surface area contributed by atoms with Crippen LogP contribution < -0.4 is 4.90 Å². The Hall–Kier alpha value is -2.09. The van der Waals surface area contributed by atoms with E-state index in [1.54, 1.807) is 37.3 Å². The third-order valence-corrected chi connectivity index (χ3v) is 10.0. The second kappa shape index (κ2) is 10.1. The van der Waals surface area contributed by atoms with Crippen LogP contribution in [0.5, 0.6) is 0 Å². The maximum atomic E-state index is 14.0. The van der Waals surface area contributed by atoms with Gasteiger partial charge in [0.05, 0.1) is 11.1 Å². The molecule has 0 saturated heterocycles. The first-order chi connectivity index (χ1) is 16.5. The van der Waals surface area contributed by atoms with Crippen LogP contribution in [0.15, 0.2) is 47.4 Å². The molecule has 1 heterocycles. The van der Waals surface area contributed by atoms with Crippen molar-refractivity contribution in [3.63, 3.8) is 0 Å². The lowest BCUT2D eigenvalue weighted by molar-refractivity contribution is -0.147. The minimum atomic E-state index is -3.79. The van der Waals surface area contributed by atoms with Gasteiger partial charge in [0.1, 0.15) is 4.90 Å². The normalized spacial score (nSPS) is 21.4. The van der Waals surface area contributed by atoms with Gasteiger partial charge in [-0.3, -0.25) is 4.79 Å². The van der Waals surface area contributed by atoms with Gasteiger partial charge in [-0.1, -0.05) is 49.1 Å². The number of nitrogens with zero attached hydrogens (tertiary/aromatic N) is 2. The van der Waals surface area contributed by atoms with Gasteiger partial charge in [-0.15, -0.1) is 0 Å². The first kappa shape index (κ1) is 26.0. The molecule has 2 aromatic rings. The summed E-state index contributed by atoms with van der Waals surface area (Å²) < 4.78 is 29.6. The van der Waals surface area contributed by atoms with Crippen molar-refractivity contribution in [3.05, 3.63) is 53.1 Å². The number of likely N-dealkylation sites (N-methyl/N-ethyl adjacent to an activating group) is 1. The van der Waals surface area contributed by atoms with Gasteiger partial charge in [-0.05, 0) is 75.3 Å². The zero-order chi connectivity index (χ0) is 25.4. The first-order valence-electron chi connectivity index (χ1n) is 12.4. The van der Waals surface area contributed by atoms with Gasteiger partial charge in [0, 0.05) is 30.3 Å². The molecular formula is C27H35ClN2O4S. The Balaban J connectivity index is 1.82. The Morgan fingerprint density at radius 3 is 2.40 bits per heavy atom. The Kier molecular flexibility index (Phi) is 7.51. The molecule has 1 aliphatic heterocycles. The smallest absolute Gasteiger partial charge is 0.309 e. The van der Waals surface area contributed by atoms with Crippen molar-refractivity contribution in [1.82, 2.24) is 4.31 Å². The molecule has 2 aromatic carbocycles. The van der Waals surface area contributed by atoms with Gasteiger partial charge >= 0.3 is 5.97 Å². The zero-order valence-electron chi connectivity index (χ0n) is 20.7. The number of sulfonamides is 1. The Bertz CT molecular complexity index is 1180. The van der Waals surface area contributed by atoms with Crippen molar-refractivity contribution in [3.8, 4) is 0 Å². The third kappa shape index (κ3) is 5.23. The van der Waals surface area contributed by atoms with Crippen LogP contribution in [0.4, 0.5) is 11.4 Å². The van der Waals surface area contributed by atoms with Gasteiger partial charge in [0.25, 0.3) is 0 Å². The highest BCUT2D eigenvalue weighted by Gasteiger charge is 2.41. The molecule has 35 heavy (non-hydrogen) atoms. The monoisotopic (exact) mass is 518 g/mol. The molecule has 0 radical (unpaired) electrons. The molecule has 8 heteroatoms. The minimum absolute atomic E-state index is 0.152. The van der Waals surface area contributed by atoms with Gasteiger partial charge < -0.3 is 10.0 Å². The van der Waals surface area contributed by atoms with Crippen molar-refractivity contribution in [2.45, 2.75) is 69.7 Å². The van der Waals surface area contributed by atoms with Crippen molar-refractivity contribution in [1.29, 1.82) is 0 Å². The molecule has 0 aromatic heterocycles. The van der Waals surface area contributed by atoms with Crippen LogP contribution in [0.2, 0.25) is 5.02 Å². The number of aliphatic carboxylic acids is 1. The van der Waals surface area contributed by atoms with E-state index < -0.39 is 21.4 Å². The molecule has 1 fully saturated rings. The number of hydrogen-bond donors (Lipinski definition) is 1. The average Bonchev–Trinajstić information content (AvgIpc) is 2.91. The molecule has 0 spiro atoms. The van der Waals surface area contributed by atoms with Crippen molar-refractivity contribution < 1.29 is 18.3 Å². The van der Waals surface area contributed by atoms with E-state index in [2.05, 4.69) is 4.90 Å². The highest BCUT2D eigenvalue weighted by Crippen LogP contribution is 2.43. The summed E-state index contributed by atoms with van der Waals surface area (Å²) in [6.07, 6.45) is 6.24. The number of carboxylic acid groups (broad SMARTS) is 1. The number of anilines is 2. The molecule has 0 unspecified atom stereocenters. The molecule has 4 rings (SSSR count). The Labute approximate surface area is 213 Å². The highest BCUT2D eigenvalue weighted by molar-refractivity contribution is 7.89. The number of fused-ring (bicyclic) bond motifs is 1. The van der Waals surface area contributed by atoms with E-state index in [1.165, 1.54) is 6.42 Å².